The molecule has 54 heavy (non-hydrogen) atoms. The van der Waals surface area contributed by atoms with E-state index in [1.165, 1.54) is 25.7 Å². The summed E-state index contributed by atoms with van der Waals surface area (Å²) >= 11 is 0. The Hall–Kier alpha value is -1.92. The summed E-state index contributed by atoms with van der Waals surface area (Å²) in [7, 11) is 1.91. The Morgan fingerprint density at radius 2 is 1.72 bits per heavy atom. The molecule has 1 heterocycles. The Bertz CT molecular complexity index is 1670. The summed E-state index contributed by atoms with van der Waals surface area (Å²) in [5, 5.41) is 73.0. The lowest BCUT2D eigenvalue weighted by molar-refractivity contribution is -0.375. The van der Waals surface area contributed by atoms with Crippen molar-refractivity contribution in [1.29, 1.82) is 0 Å². The van der Waals surface area contributed by atoms with Gasteiger partial charge in [-0.3, -0.25) is 0 Å². The van der Waals surface area contributed by atoms with E-state index in [0.717, 1.165) is 36.9 Å². The maximum absolute atomic E-state index is 14.1. The first-order chi connectivity index (χ1) is 26.0. The van der Waals surface area contributed by atoms with E-state index in [0.29, 0.717) is 69.7 Å². The lowest BCUT2D eigenvalue weighted by Crippen LogP contribution is -2.85. The summed E-state index contributed by atoms with van der Waals surface area (Å²) in [6.45, 7) is 2.05. The third kappa shape index (κ3) is 4.22. The molecule has 7 saturated carbocycles. The molecule has 7 N–H and O–H groups in total. The molecule has 296 valence electrons. The average Bonchev–Trinajstić information content (AvgIpc) is 3.83. The monoisotopic (exact) mass is 746 g/mol. The summed E-state index contributed by atoms with van der Waals surface area (Å²) in [4.78, 5) is 27.4. The predicted molar refractivity (Wildman–Crippen MR) is 199 cm³/mol. The number of fused-ring (bicyclic) bond motifs is 4. The van der Waals surface area contributed by atoms with Gasteiger partial charge in [-0.25, -0.2) is 4.79 Å². The number of allylic oxidation sites excluding steroid dienone is 3. The minimum atomic E-state index is -2.10. The summed E-state index contributed by atoms with van der Waals surface area (Å²) < 4.78 is 6.30. The number of ether oxygens (including phenoxy) is 1. The number of aldehydes is 1. The maximum Gasteiger partial charge on any atom is 0.332 e. The molecule has 9 aliphatic carbocycles. The van der Waals surface area contributed by atoms with E-state index >= 15 is 0 Å². The van der Waals surface area contributed by atoms with Crippen LogP contribution in [0.15, 0.2) is 35.5 Å². The summed E-state index contributed by atoms with van der Waals surface area (Å²) in [6, 6.07) is 0. The molecule has 0 amide bonds. The van der Waals surface area contributed by atoms with Gasteiger partial charge in [0.2, 0.25) is 0 Å². The van der Waals surface area contributed by atoms with Crippen LogP contribution in [0.4, 0.5) is 0 Å². The van der Waals surface area contributed by atoms with E-state index in [2.05, 4.69) is 28.9 Å². The van der Waals surface area contributed by atoms with Crippen molar-refractivity contribution in [3.05, 3.63) is 35.5 Å². The van der Waals surface area contributed by atoms with Gasteiger partial charge in [0.25, 0.3) is 0 Å². The molecule has 16 atom stereocenters. The zero-order valence-corrected chi connectivity index (χ0v) is 31.9. The van der Waals surface area contributed by atoms with Gasteiger partial charge in [-0.05, 0) is 124 Å². The van der Waals surface area contributed by atoms with E-state index in [4.69, 9.17) is 4.74 Å². The number of likely N-dealkylation sites (N-methyl/N-ethyl adjacent to an activating group) is 1. The van der Waals surface area contributed by atoms with Crippen molar-refractivity contribution in [2.75, 3.05) is 26.7 Å². The molecule has 2 bridgehead atoms. The smallest absolute Gasteiger partial charge is 0.332 e. The van der Waals surface area contributed by atoms with Crippen LogP contribution in [0.3, 0.4) is 0 Å². The molecule has 7 fully saturated rings. The number of rotatable bonds is 7. The molecule has 1 spiro atoms. The van der Waals surface area contributed by atoms with E-state index in [-0.39, 0.29) is 42.5 Å². The van der Waals surface area contributed by atoms with Crippen molar-refractivity contribution >= 4 is 12.3 Å². The van der Waals surface area contributed by atoms with Gasteiger partial charge in [-0.15, -0.1) is 0 Å². The molecule has 10 aliphatic rings. The highest BCUT2D eigenvalue weighted by Gasteiger charge is 2.86. The van der Waals surface area contributed by atoms with Crippen molar-refractivity contribution in [3.8, 4) is 0 Å². The molecule has 0 aromatic heterocycles. The number of hydrogen-bond acceptors (Lipinski definition) is 10. The van der Waals surface area contributed by atoms with Crippen LogP contribution in [0.2, 0.25) is 0 Å². The van der Waals surface area contributed by atoms with E-state index in [1.807, 2.05) is 7.05 Å². The number of esters is 1. The molecular formula is C44H62N2O8. The van der Waals surface area contributed by atoms with E-state index < -0.39 is 63.2 Å². The van der Waals surface area contributed by atoms with Crippen LogP contribution in [0, 0.1) is 64.1 Å². The highest BCUT2D eigenvalue weighted by molar-refractivity contribution is 5.88. The van der Waals surface area contributed by atoms with Crippen LogP contribution in [-0.4, -0.2) is 99.1 Å². The third-order valence-electron chi connectivity index (χ3n) is 18.6. The van der Waals surface area contributed by atoms with Crippen molar-refractivity contribution in [1.82, 2.24) is 10.6 Å². The van der Waals surface area contributed by atoms with Crippen LogP contribution in [0.25, 0.3) is 0 Å². The number of aliphatic hydroxyl groups excluding tert-OH is 2. The summed E-state index contributed by atoms with van der Waals surface area (Å²) in [5.41, 5.74) is -6.95. The summed E-state index contributed by atoms with van der Waals surface area (Å²) in [5.74, 6) is -2.12. The van der Waals surface area contributed by atoms with Crippen LogP contribution in [-0.2, 0) is 14.3 Å². The molecule has 10 heteroatoms. The highest BCUT2D eigenvalue weighted by Crippen LogP contribution is 2.78. The molecule has 0 radical (unpaired) electrons. The third-order valence-corrected chi connectivity index (χ3v) is 18.6. The minimum Gasteiger partial charge on any atom is -0.447 e. The number of aliphatic hydroxyl groups is 5. The first-order valence-corrected chi connectivity index (χ1v) is 21.6. The van der Waals surface area contributed by atoms with Gasteiger partial charge in [-0.1, -0.05) is 43.9 Å². The van der Waals surface area contributed by atoms with Crippen molar-refractivity contribution in [2.45, 2.75) is 131 Å². The standard InChI is InChI=1S/C44H62N2O8/c1-45-16-17-46-23-28-18-27-22-42(51)39(12-5-13-41(28)32(37(27)39)21-36(49)54-41)15-11-35-40(24-47)14-10-34(48)31-19-26-8-4-9-29(25-6-2-3-7-25)30(26)20-33(43(31,40)52)38(50)44(35,42)53/h4,8,18,21,24-27,29-31,33-35,37-38,45-46,48,50-53H,2-3,5-7,9-17,19-20,22-23H2,1H3/t26-,27-,29-,30-,31+,33+,34+,35-,37-,38-,39-,40+,41-,42-,43-,44-/m1/s1. The second kappa shape index (κ2) is 12.3. The van der Waals surface area contributed by atoms with Gasteiger partial charge in [0.1, 0.15) is 17.5 Å². The number of nitrogens with one attached hydrogen (secondary N) is 2. The van der Waals surface area contributed by atoms with Gasteiger partial charge < -0.3 is 45.7 Å². The van der Waals surface area contributed by atoms with Gasteiger partial charge in [-0.2, -0.15) is 0 Å². The van der Waals surface area contributed by atoms with E-state index in [1.54, 1.807) is 6.08 Å². The zero-order valence-electron chi connectivity index (χ0n) is 31.9. The molecule has 0 aromatic rings. The summed E-state index contributed by atoms with van der Waals surface area (Å²) in [6.07, 6.45) is 17.1. The largest absolute Gasteiger partial charge is 0.447 e. The fourth-order valence-electron chi connectivity index (χ4n) is 16.7. The van der Waals surface area contributed by atoms with Crippen molar-refractivity contribution < 1.29 is 39.9 Å². The Morgan fingerprint density at radius 3 is 2.50 bits per heavy atom. The molecule has 10 nitrogen and oxygen atoms in total. The van der Waals surface area contributed by atoms with Crippen LogP contribution >= 0.6 is 0 Å². The normalized spacial score (nSPS) is 54.1. The lowest BCUT2D eigenvalue weighted by atomic mass is 9.35. The SMILES string of the molecule is CNCCNCC1=C[C@@H]2C[C@@]3(O)[C@]4(CCC[C@@]15OC(=O)C=C5[C@@H]24)CC[C@H]1[C@@]3(O)[C@H](O)[C@@H]2C[C@@H]3[C@H](C=CC[C@@H]3C3CCCC3)C[C@H]3[C@@H](O)CC[C@@]1(C=O)[C@]23O. The van der Waals surface area contributed by atoms with Crippen LogP contribution in [0.5, 0.6) is 0 Å². The molecule has 0 unspecified atom stereocenters. The quantitative estimate of drug-likeness (QED) is 0.0891. The predicted octanol–water partition coefficient (Wildman–Crippen LogP) is 3.11. The molecular weight excluding hydrogens is 684 g/mol. The van der Waals surface area contributed by atoms with Crippen molar-refractivity contribution in [2.24, 2.45) is 64.1 Å². The minimum absolute atomic E-state index is 0.0980. The Labute approximate surface area is 319 Å². The molecule has 0 saturated heterocycles. The Balaban J connectivity index is 1.12. The average molecular weight is 747 g/mol. The van der Waals surface area contributed by atoms with Gasteiger partial charge in [0.05, 0.1) is 23.2 Å². The maximum atomic E-state index is 14.1. The number of carbonyl (C=O) groups is 2. The number of hydrogen-bond donors (Lipinski definition) is 7. The lowest BCUT2D eigenvalue weighted by Gasteiger charge is -2.73. The first-order valence-electron chi connectivity index (χ1n) is 21.6. The fraction of sp³-hybridized carbons (Fsp3) is 0.818. The number of carbonyl (C=O) groups excluding carboxylic acids is 2. The Kier molecular flexibility index (Phi) is 8.29. The van der Waals surface area contributed by atoms with E-state index in [9.17, 15) is 35.1 Å². The zero-order chi connectivity index (χ0) is 37.5. The molecule has 1 aliphatic heterocycles. The second-order valence-electron chi connectivity index (χ2n) is 19.9. The van der Waals surface area contributed by atoms with Gasteiger partial charge in [0, 0.05) is 48.9 Å². The van der Waals surface area contributed by atoms with Gasteiger partial charge >= 0.3 is 5.97 Å². The molecule has 10 rings (SSSR count). The first kappa shape index (κ1) is 36.4. The topological polar surface area (TPSA) is 169 Å². The highest BCUT2D eigenvalue weighted by atomic mass is 16.6. The Morgan fingerprint density at radius 1 is 0.907 bits per heavy atom. The second-order valence-corrected chi connectivity index (χ2v) is 19.9. The van der Waals surface area contributed by atoms with Crippen LogP contribution in [0.1, 0.15) is 96.3 Å². The molecule has 0 aromatic carbocycles. The fourth-order valence-corrected chi connectivity index (χ4v) is 16.7. The van der Waals surface area contributed by atoms with Crippen LogP contribution < -0.4 is 10.6 Å². The van der Waals surface area contributed by atoms with Crippen molar-refractivity contribution in [3.63, 3.8) is 0 Å². The van der Waals surface area contributed by atoms with Gasteiger partial charge in [0.15, 0.2) is 5.60 Å².